The van der Waals surface area contributed by atoms with Gasteiger partial charge in [-0.25, -0.2) is 0 Å². The normalized spacial score (nSPS) is 10.2. The molecule has 0 saturated carbocycles. The van der Waals surface area contributed by atoms with E-state index in [1.807, 2.05) is 26.0 Å². The number of ether oxygens (including phenoxy) is 2. The number of hydrogen-bond acceptors (Lipinski definition) is 3. The van der Waals surface area contributed by atoms with E-state index in [1.54, 1.807) is 12.1 Å². The molecule has 3 nitrogen and oxygen atoms in total. The maximum absolute atomic E-state index is 8.72. The van der Waals surface area contributed by atoms with Gasteiger partial charge in [0.15, 0.2) is 6.29 Å². The van der Waals surface area contributed by atoms with Crippen LogP contribution in [0.4, 0.5) is 0 Å². The van der Waals surface area contributed by atoms with Gasteiger partial charge >= 0.3 is 0 Å². The molecule has 0 bridgehead atoms. The van der Waals surface area contributed by atoms with Crippen LogP contribution in [0.3, 0.4) is 0 Å². The first kappa shape index (κ1) is 13.4. The molecule has 0 aliphatic carbocycles. The standard InChI is InChI=1S/C14H17NO2/c1-4-16-14(17-5-2)11(3)13-8-6-12(10-15)7-9-13/h6-9,14H,3-5H2,1-2H3. The van der Waals surface area contributed by atoms with Gasteiger partial charge in [-0.05, 0) is 31.5 Å². The molecule has 0 fully saturated rings. The second kappa shape index (κ2) is 6.85. The van der Waals surface area contributed by atoms with Gasteiger partial charge in [0.1, 0.15) is 0 Å². The van der Waals surface area contributed by atoms with Crippen molar-refractivity contribution in [2.24, 2.45) is 0 Å². The third-order valence-corrected chi connectivity index (χ3v) is 2.31. The van der Waals surface area contributed by atoms with Crippen LogP contribution in [0.1, 0.15) is 25.0 Å². The van der Waals surface area contributed by atoms with Gasteiger partial charge in [0.25, 0.3) is 0 Å². The number of rotatable bonds is 6. The highest BCUT2D eigenvalue weighted by Gasteiger charge is 2.14. The smallest absolute Gasteiger partial charge is 0.183 e. The molecule has 90 valence electrons. The Morgan fingerprint density at radius 1 is 1.24 bits per heavy atom. The molecule has 17 heavy (non-hydrogen) atoms. The first-order valence-electron chi connectivity index (χ1n) is 5.65. The highest BCUT2D eigenvalue weighted by molar-refractivity contribution is 5.66. The molecule has 0 aromatic heterocycles. The summed E-state index contributed by atoms with van der Waals surface area (Å²) in [7, 11) is 0. The zero-order chi connectivity index (χ0) is 12.7. The van der Waals surface area contributed by atoms with E-state index in [-0.39, 0.29) is 0 Å². The summed E-state index contributed by atoms with van der Waals surface area (Å²) < 4.78 is 10.9. The van der Waals surface area contributed by atoms with Crippen LogP contribution in [0, 0.1) is 11.3 Å². The number of hydrogen-bond donors (Lipinski definition) is 0. The number of nitrogens with zero attached hydrogens (tertiary/aromatic N) is 1. The van der Waals surface area contributed by atoms with Gasteiger partial charge in [-0.15, -0.1) is 0 Å². The maximum Gasteiger partial charge on any atom is 0.183 e. The van der Waals surface area contributed by atoms with E-state index in [1.165, 1.54) is 0 Å². The summed E-state index contributed by atoms with van der Waals surface area (Å²) in [6, 6.07) is 9.31. The fourth-order valence-electron chi connectivity index (χ4n) is 1.45. The Bertz CT molecular complexity index is 397. The van der Waals surface area contributed by atoms with Crippen LogP contribution < -0.4 is 0 Å². The Hall–Kier alpha value is -1.63. The van der Waals surface area contributed by atoms with Crippen LogP contribution in [-0.2, 0) is 9.47 Å². The summed E-state index contributed by atoms with van der Waals surface area (Å²) in [5.74, 6) is 0. The van der Waals surface area contributed by atoms with Gasteiger partial charge in [0, 0.05) is 18.8 Å². The van der Waals surface area contributed by atoms with E-state index in [2.05, 4.69) is 12.6 Å². The highest BCUT2D eigenvalue weighted by Crippen LogP contribution is 2.20. The monoisotopic (exact) mass is 231 g/mol. The molecular weight excluding hydrogens is 214 g/mol. The second-order valence-corrected chi connectivity index (χ2v) is 3.46. The first-order valence-corrected chi connectivity index (χ1v) is 5.65. The maximum atomic E-state index is 8.72. The highest BCUT2D eigenvalue weighted by atomic mass is 16.7. The lowest BCUT2D eigenvalue weighted by molar-refractivity contribution is -0.0962. The van der Waals surface area contributed by atoms with Crippen LogP contribution in [-0.4, -0.2) is 19.5 Å². The summed E-state index contributed by atoms with van der Waals surface area (Å²) in [6.07, 6.45) is -0.419. The van der Waals surface area contributed by atoms with Gasteiger partial charge < -0.3 is 9.47 Å². The van der Waals surface area contributed by atoms with Crippen molar-refractivity contribution in [1.82, 2.24) is 0 Å². The Kier molecular flexibility index (Phi) is 5.41. The van der Waals surface area contributed by atoms with Crippen LogP contribution in [0.15, 0.2) is 30.8 Å². The van der Waals surface area contributed by atoms with E-state index < -0.39 is 6.29 Å². The van der Waals surface area contributed by atoms with Crippen molar-refractivity contribution in [1.29, 1.82) is 5.26 Å². The lowest BCUT2D eigenvalue weighted by Crippen LogP contribution is -2.18. The van der Waals surface area contributed by atoms with E-state index >= 15 is 0 Å². The average Bonchev–Trinajstić information content (AvgIpc) is 2.38. The molecule has 0 atom stereocenters. The molecule has 0 radical (unpaired) electrons. The zero-order valence-corrected chi connectivity index (χ0v) is 10.3. The predicted octanol–water partition coefficient (Wildman–Crippen LogP) is 2.97. The molecule has 0 N–H and O–H groups in total. The minimum Gasteiger partial charge on any atom is -0.349 e. The van der Waals surface area contributed by atoms with Gasteiger partial charge in [0.05, 0.1) is 11.6 Å². The summed E-state index contributed by atoms with van der Waals surface area (Å²) >= 11 is 0. The van der Waals surface area contributed by atoms with Gasteiger partial charge in [-0.2, -0.15) is 5.26 Å². The predicted molar refractivity (Wildman–Crippen MR) is 67.2 cm³/mol. The van der Waals surface area contributed by atoms with Gasteiger partial charge in [-0.3, -0.25) is 0 Å². The fourth-order valence-corrected chi connectivity index (χ4v) is 1.45. The summed E-state index contributed by atoms with van der Waals surface area (Å²) in [5.41, 5.74) is 2.33. The molecule has 1 aromatic carbocycles. The van der Waals surface area contributed by atoms with Crippen LogP contribution >= 0.6 is 0 Å². The molecule has 0 spiro atoms. The van der Waals surface area contributed by atoms with Crippen LogP contribution in [0.5, 0.6) is 0 Å². The third-order valence-electron chi connectivity index (χ3n) is 2.31. The fraction of sp³-hybridized carbons (Fsp3) is 0.357. The second-order valence-electron chi connectivity index (χ2n) is 3.46. The number of nitriles is 1. The summed E-state index contributed by atoms with van der Waals surface area (Å²) in [5, 5.41) is 8.72. The van der Waals surface area contributed by atoms with Gasteiger partial charge in [-0.1, -0.05) is 18.7 Å². The van der Waals surface area contributed by atoms with Crippen molar-refractivity contribution >= 4 is 5.57 Å². The van der Waals surface area contributed by atoms with Crippen molar-refractivity contribution < 1.29 is 9.47 Å². The molecule has 0 unspecified atom stereocenters. The lowest BCUT2D eigenvalue weighted by Gasteiger charge is -2.19. The first-order chi connectivity index (χ1) is 8.22. The quantitative estimate of drug-likeness (QED) is 0.707. The number of benzene rings is 1. The van der Waals surface area contributed by atoms with Gasteiger partial charge in [0.2, 0.25) is 0 Å². The Balaban J connectivity index is 2.81. The van der Waals surface area contributed by atoms with E-state index in [0.717, 1.165) is 11.1 Å². The molecule has 0 aliphatic rings. The molecule has 1 rings (SSSR count). The minimum atomic E-state index is -0.419. The molecule has 0 heterocycles. The molecule has 0 saturated heterocycles. The topological polar surface area (TPSA) is 42.2 Å². The lowest BCUT2D eigenvalue weighted by atomic mass is 10.1. The van der Waals surface area contributed by atoms with E-state index in [4.69, 9.17) is 14.7 Å². The van der Waals surface area contributed by atoms with Crippen molar-refractivity contribution in [2.45, 2.75) is 20.1 Å². The molecule has 0 aliphatic heterocycles. The summed E-state index contributed by atoms with van der Waals surface area (Å²) in [4.78, 5) is 0. The Morgan fingerprint density at radius 2 is 1.76 bits per heavy atom. The zero-order valence-electron chi connectivity index (χ0n) is 10.3. The van der Waals surface area contributed by atoms with Crippen LogP contribution in [0.2, 0.25) is 0 Å². The van der Waals surface area contributed by atoms with E-state index in [0.29, 0.717) is 18.8 Å². The van der Waals surface area contributed by atoms with Crippen molar-refractivity contribution in [3.8, 4) is 6.07 Å². The summed E-state index contributed by atoms with van der Waals surface area (Å²) in [6.45, 7) is 8.95. The largest absolute Gasteiger partial charge is 0.349 e. The Labute approximate surface area is 102 Å². The van der Waals surface area contributed by atoms with Crippen molar-refractivity contribution in [3.63, 3.8) is 0 Å². The average molecular weight is 231 g/mol. The van der Waals surface area contributed by atoms with Crippen molar-refractivity contribution in [3.05, 3.63) is 42.0 Å². The molecule has 0 amide bonds. The third kappa shape index (κ3) is 3.70. The molecule has 3 heteroatoms. The minimum absolute atomic E-state index is 0.419. The Morgan fingerprint density at radius 3 is 2.18 bits per heavy atom. The van der Waals surface area contributed by atoms with Crippen molar-refractivity contribution in [2.75, 3.05) is 13.2 Å². The molecule has 1 aromatic rings. The SMILES string of the molecule is C=C(c1ccc(C#N)cc1)C(OCC)OCC. The molecular formula is C14H17NO2. The van der Waals surface area contributed by atoms with Crippen LogP contribution in [0.25, 0.3) is 5.57 Å². The van der Waals surface area contributed by atoms with E-state index in [9.17, 15) is 0 Å².